The van der Waals surface area contributed by atoms with Crippen molar-refractivity contribution in [1.29, 1.82) is 0 Å². The molecule has 0 saturated heterocycles. The third-order valence-electron chi connectivity index (χ3n) is 2.24. The highest BCUT2D eigenvalue weighted by Gasteiger charge is 1.93. The summed E-state index contributed by atoms with van der Waals surface area (Å²) in [5.74, 6) is 0.331. The Balaban J connectivity index is 2.07. The molecule has 84 valence electrons. The molecule has 0 unspecified atom stereocenters. The normalized spacial score (nSPS) is 10.5. The van der Waals surface area contributed by atoms with E-state index in [2.05, 4.69) is 5.32 Å². The summed E-state index contributed by atoms with van der Waals surface area (Å²) >= 11 is 0. The van der Waals surface area contributed by atoms with Gasteiger partial charge in [-0.25, -0.2) is 0 Å². The van der Waals surface area contributed by atoms with E-state index in [4.69, 9.17) is 9.84 Å². The van der Waals surface area contributed by atoms with Crippen LogP contribution < -0.4 is 5.32 Å². The van der Waals surface area contributed by atoms with Crippen LogP contribution in [-0.2, 0) is 11.2 Å². The van der Waals surface area contributed by atoms with Crippen molar-refractivity contribution in [2.45, 2.75) is 12.8 Å². The number of aryl methyl sites for hydroxylation is 1. The molecule has 0 aromatic heterocycles. The average molecular weight is 209 g/mol. The smallest absolute Gasteiger partial charge is 0.115 e. The lowest BCUT2D eigenvalue weighted by Crippen LogP contribution is -2.20. The molecule has 3 nitrogen and oxygen atoms in total. The predicted octanol–water partition coefficient (Wildman–Crippen LogP) is 1.56. The molecule has 0 aliphatic rings. The summed E-state index contributed by atoms with van der Waals surface area (Å²) in [7, 11) is 1.71. The number of nitrogens with one attached hydrogen (secondary N) is 1. The van der Waals surface area contributed by atoms with Gasteiger partial charge in [0, 0.05) is 13.7 Å². The van der Waals surface area contributed by atoms with Crippen molar-refractivity contribution in [3.63, 3.8) is 0 Å². The van der Waals surface area contributed by atoms with Crippen molar-refractivity contribution in [2.75, 3.05) is 26.8 Å². The summed E-state index contributed by atoms with van der Waals surface area (Å²) in [5, 5.41) is 12.4. The Kier molecular flexibility index (Phi) is 5.81. The molecule has 0 aliphatic heterocycles. The maximum absolute atomic E-state index is 9.10. The summed E-state index contributed by atoms with van der Waals surface area (Å²) in [4.78, 5) is 0. The van der Waals surface area contributed by atoms with Gasteiger partial charge in [-0.3, -0.25) is 0 Å². The molecule has 0 atom stereocenters. The lowest BCUT2D eigenvalue weighted by molar-refractivity contribution is 0.199. The lowest BCUT2D eigenvalue weighted by atomic mass is 10.1. The van der Waals surface area contributed by atoms with Gasteiger partial charge in [0.2, 0.25) is 0 Å². The van der Waals surface area contributed by atoms with E-state index in [0.29, 0.717) is 5.75 Å². The van der Waals surface area contributed by atoms with Crippen LogP contribution in [0, 0.1) is 0 Å². The van der Waals surface area contributed by atoms with Gasteiger partial charge in [-0.1, -0.05) is 12.1 Å². The molecule has 0 fully saturated rings. The van der Waals surface area contributed by atoms with E-state index in [0.717, 1.165) is 32.5 Å². The largest absolute Gasteiger partial charge is 0.508 e. The molecule has 1 aromatic rings. The molecule has 1 rings (SSSR count). The van der Waals surface area contributed by atoms with Crippen LogP contribution in [0.3, 0.4) is 0 Å². The summed E-state index contributed by atoms with van der Waals surface area (Å²) in [6.07, 6.45) is 2.15. The Morgan fingerprint density at radius 2 is 1.93 bits per heavy atom. The zero-order valence-corrected chi connectivity index (χ0v) is 9.20. The zero-order valence-electron chi connectivity index (χ0n) is 9.20. The Labute approximate surface area is 91.1 Å². The van der Waals surface area contributed by atoms with Gasteiger partial charge < -0.3 is 15.2 Å². The highest BCUT2D eigenvalue weighted by atomic mass is 16.5. The molecule has 15 heavy (non-hydrogen) atoms. The second-order valence-corrected chi connectivity index (χ2v) is 3.51. The van der Waals surface area contributed by atoms with Crippen LogP contribution in [0.2, 0.25) is 0 Å². The van der Waals surface area contributed by atoms with Crippen molar-refractivity contribution in [2.24, 2.45) is 0 Å². The zero-order chi connectivity index (χ0) is 10.9. The highest BCUT2D eigenvalue weighted by Crippen LogP contribution is 2.10. The minimum Gasteiger partial charge on any atom is -0.508 e. The maximum Gasteiger partial charge on any atom is 0.115 e. The van der Waals surface area contributed by atoms with E-state index in [-0.39, 0.29) is 0 Å². The summed E-state index contributed by atoms with van der Waals surface area (Å²) in [6.45, 7) is 2.68. The monoisotopic (exact) mass is 209 g/mol. The fourth-order valence-electron chi connectivity index (χ4n) is 1.38. The number of phenols is 1. The third kappa shape index (κ3) is 5.40. The van der Waals surface area contributed by atoms with Crippen LogP contribution in [-0.4, -0.2) is 31.9 Å². The number of hydrogen-bond acceptors (Lipinski definition) is 3. The highest BCUT2D eigenvalue weighted by molar-refractivity contribution is 5.25. The van der Waals surface area contributed by atoms with E-state index < -0.39 is 0 Å². The van der Waals surface area contributed by atoms with Crippen molar-refractivity contribution >= 4 is 0 Å². The molecular weight excluding hydrogens is 190 g/mol. The SMILES string of the molecule is COCCNCCCc1ccc(O)cc1. The summed E-state index contributed by atoms with van der Waals surface area (Å²) in [5.41, 5.74) is 1.27. The first-order valence-corrected chi connectivity index (χ1v) is 5.30. The van der Waals surface area contributed by atoms with Crippen LogP contribution in [0.4, 0.5) is 0 Å². The second-order valence-electron chi connectivity index (χ2n) is 3.51. The average Bonchev–Trinajstić information content (AvgIpc) is 2.26. The van der Waals surface area contributed by atoms with Crippen molar-refractivity contribution < 1.29 is 9.84 Å². The number of hydrogen-bond donors (Lipinski definition) is 2. The van der Waals surface area contributed by atoms with Gasteiger partial charge in [0.15, 0.2) is 0 Å². The van der Waals surface area contributed by atoms with Gasteiger partial charge in [-0.2, -0.15) is 0 Å². The molecule has 0 heterocycles. The van der Waals surface area contributed by atoms with Crippen LogP contribution >= 0.6 is 0 Å². The van der Waals surface area contributed by atoms with E-state index in [9.17, 15) is 0 Å². The van der Waals surface area contributed by atoms with Gasteiger partial charge in [-0.15, -0.1) is 0 Å². The Morgan fingerprint density at radius 3 is 2.60 bits per heavy atom. The van der Waals surface area contributed by atoms with Crippen LogP contribution in [0.25, 0.3) is 0 Å². The van der Waals surface area contributed by atoms with Crippen molar-refractivity contribution in [1.82, 2.24) is 5.32 Å². The summed E-state index contributed by atoms with van der Waals surface area (Å²) in [6, 6.07) is 7.39. The Morgan fingerprint density at radius 1 is 1.20 bits per heavy atom. The van der Waals surface area contributed by atoms with Gasteiger partial charge in [0.1, 0.15) is 5.75 Å². The third-order valence-corrected chi connectivity index (χ3v) is 2.24. The van der Waals surface area contributed by atoms with E-state index in [1.165, 1.54) is 5.56 Å². The first kappa shape index (κ1) is 12.0. The van der Waals surface area contributed by atoms with Gasteiger partial charge in [0.05, 0.1) is 6.61 Å². The first-order chi connectivity index (χ1) is 7.33. The maximum atomic E-state index is 9.10. The van der Waals surface area contributed by atoms with E-state index >= 15 is 0 Å². The Bertz CT molecular complexity index is 259. The van der Waals surface area contributed by atoms with Crippen molar-refractivity contribution in [3.8, 4) is 5.75 Å². The topological polar surface area (TPSA) is 41.5 Å². The lowest BCUT2D eigenvalue weighted by Gasteiger charge is -2.04. The number of ether oxygens (including phenoxy) is 1. The van der Waals surface area contributed by atoms with Crippen LogP contribution in [0.5, 0.6) is 5.75 Å². The van der Waals surface area contributed by atoms with Crippen molar-refractivity contribution in [3.05, 3.63) is 29.8 Å². The second kappa shape index (κ2) is 7.26. The molecular formula is C12H19NO2. The minimum atomic E-state index is 0.331. The Hall–Kier alpha value is -1.06. The molecule has 0 radical (unpaired) electrons. The number of phenolic OH excluding ortho intramolecular Hbond substituents is 1. The predicted molar refractivity (Wildman–Crippen MR) is 61.2 cm³/mol. The molecule has 2 N–H and O–H groups in total. The molecule has 0 saturated carbocycles. The molecule has 0 bridgehead atoms. The summed E-state index contributed by atoms with van der Waals surface area (Å²) < 4.78 is 4.93. The molecule has 1 aromatic carbocycles. The molecule has 0 amide bonds. The number of methoxy groups -OCH3 is 1. The van der Waals surface area contributed by atoms with Gasteiger partial charge >= 0.3 is 0 Å². The van der Waals surface area contributed by atoms with E-state index in [1.807, 2.05) is 12.1 Å². The fraction of sp³-hybridized carbons (Fsp3) is 0.500. The molecule has 3 heteroatoms. The quantitative estimate of drug-likeness (QED) is 0.670. The number of rotatable bonds is 7. The molecule has 0 spiro atoms. The van der Waals surface area contributed by atoms with Crippen LogP contribution in [0.1, 0.15) is 12.0 Å². The minimum absolute atomic E-state index is 0.331. The first-order valence-electron chi connectivity index (χ1n) is 5.30. The van der Waals surface area contributed by atoms with Gasteiger partial charge in [0.25, 0.3) is 0 Å². The number of aromatic hydroxyl groups is 1. The standard InChI is InChI=1S/C12H19NO2/c1-15-10-9-13-8-2-3-11-4-6-12(14)7-5-11/h4-7,13-14H,2-3,8-10H2,1H3. The van der Waals surface area contributed by atoms with Gasteiger partial charge in [-0.05, 0) is 37.1 Å². The van der Waals surface area contributed by atoms with Crippen LogP contribution in [0.15, 0.2) is 24.3 Å². The fourth-order valence-corrected chi connectivity index (χ4v) is 1.38. The molecule has 0 aliphatic carbocycles. The van der Waals surface area contributed by atoms with E-state index in [1.54, 1.807) is 19.2 Å². The number of benzene rings is 1.